The summed E-state index contributed by atoms with van der Waals surface area (Å²) in [5.41, 5.74) is 0.132. The SMILES string of the molecule is Cc1cc(SCC2(c3ccc(C(F)(F)F)cc3)N=CSN2)ccc1OC(C)(C)C(=O)O. The smallest absolute Gasteiger partial charge is 0.416 e. The van der Waals surface area contributed by atoms with E-state index in [4.69, 9.17) is 4.74 Å². The number of ether oxygens (including phenoxy) is 1. The highest BCUT2D eigenvalue weighted by Gasteiger charge is 2.36. The minimum Gasteiger partial charge on any atom is -0.478 e. The van der Waals surface area contributed by atoms with Crippen LogP contribution in [0.5, 0.6) is 5.75 Å². The predicted octanol–water partition coefficient (Wildman–Crippen LogP) is 5.48. The molecule has 2 aromatic carbocycles. The van der Waals surface area contributed by atoms with Crippen molar-refractivity contribution in [3.63, 3.8) is 0 Å². The Bertz CT molecular complexity index is 994. The largest absolute Gasteiger partial charge is 0.478 e. The Kier molecular flexibility index (Phi) is 6.64. The van der Waals surface area contributed by atoms with E-state index in [2.05, 4.69) is 9.71 Å². The fourth-order valence-corrected chi connectivity index (χ4v) is 4.75. The number of carboxylic acids is 1. The number of aliphatic imine (C=N–C) groups is 1. The fraction of sp³-hybridized carbons (Fsp3) is 0.333. The number of benzene rings is 2. The molecule has 0 spiro atoms. The first-order chi connectivity index (χ1) is 14.4. The van der Waals surface area contributed by atoms with Crippen LogP contribution in [0.15, 0.2) is 52.4 Å². The van der Waals surface area contributed by atoms with E-state index in [1.54, 1.807) is 11.6 Å². The molecule has 1 unspecified atom stereocenters. The van der Waals surface area contributed by atoms with Crippen molar-refractivity contribution in [2.45, 2.75) is 43.1 Å². The maximum atomic E-state index is 12.9. The molecule has 0 radical (unpaired) electrons. The maximum Gasteiger partial charge on any atom is 0.416 e. The second-order valence-corrected chi connectivity index (χ2v) is 9.22. The fourth-order valence-electron chi connectivity index (χ4n) is 2.82. The van der Waals surface area contributed by atoms with E-state index >= 15 is 0 Å². The van der Waals surface area contributed by atoms with E-state index in [9.17, 15) is 23.1 Å². The second kappa shape index (κ2) is 8.76. The van der Waals surface area contributed by atoms with E-state index < -0.39 is 29.0 Å². The number of thioether (sulfide) groups is 1. The minimum absolute atomic E-state index is 0.447. The number of rotatable bonds is 7. The predicted molar refractivity (Wildman–Crippen MR) is 117 cm³/mol. The molecule has 0 saturated heterocycles. The summed E-state index contributed by atoms with van der Waals surface area (Å²) >= 11 is 2.77. The normalized spacial score (nSPS) is 18.9. The Morgan fingerprint density at radius 1 is 1.23 bits per heavy atom. The van der Waals surface area contributed by atoms with Gasteiger partial charge in [0, 0.05) is 10.6 Å². The summed E-state index contributed by atoms with van der Waals surface area (Å²) in [4.78, 5) is 16.7. The molecule has 0 aromatic heterocycles. The van der Waals surface area contributed by atoms with Gasteiger partial charge in [0.2, 0.25) is 0 Å². The Balaban J connectivity index is 1.76. The van der Waals surface area contributed by atoms with E-state index in [0.717, 1.165) is 22.6 Å². The molecule has 0 fully saturated rings. The van der Waals surface area contributed by atoms with E-state index in [-0.39, 0.29) is 0 Å². The molecule has 2 N–H and O–H groups in total. The molecule has 0 saturated carbocycles. The van der Waals surface area contributed by atoms with Crippen molar-refractivity contribution in [3.05, 3.63) is 59.2 Å². The second-order valence-electron chi connectivity index (χ2n) is 7.52. The lowest BCUT2D eigenvalue weighted by atomic mass is 10.0. The highest BCUT2D eigenvalue weighted by atomic mass is 32.2. The van der Waals surface area contributed by atoms with Crippen molar-refractivity contribution < 1.29 is 27.8 Å². The third-order valence-corrected chi connectivity index (χ3v) is 6.53. The van der Waals surface area contributed by atoms with Crippen molar-refractivity contribution in [3.8, 4) is 5.75 Å². The molecule has 1 heterocycles. The van der Waals surface area contributed by atoms with Gasteiger partial charge in [-0.1, -0.05) is 12.1 Å². The average Bonchev–Trinajstić information content (AvgIpc) is 3.18. The van der Waals surface area contributed by atoms with Gasteiger partial charge in [-0.15, -0.1) is 11.8 Å². The van der Waals surface area contributed by atoms with Gasteiger partial charge in [0.1, 0.15) is 5.75 Å². The number of alkyl halides is 3. The molecule has 0 amide bonds. The van der Waals surface area contributed by atoms with Crippen LogP contribution in [0.3, 0.4) is 0 Å². The number of carbonyl (C=O) groups is 1. The highest BCUT2D eigenvalue weighted by Crippen LogP contribution is 2.38. The molecule has 10 heteroatoms. The van der Waals surface area contributed by atoms with E-state index in [1.807, 2.05) is 19.1 Å². The van der Waals surface area contributed by atoms with Crippen molar-refractivity contribution >= 4 is 35.2 Å². The zero-order valence-corrected chi connectivity index (χ0v) is 18.6. The Morgan fingerprint density at radius 2 is 1.90 bits per heavy atom. The monoisotopic (exact) mass is 470 g/mol. The van der Waals surface area contributed by atoms with Crippen LogP contribution >= 0.6 is 23.7 Å². The van der Waals surface area contributed by atoms with Gasteiger partial charge in [0.05, 0.1) is 11.1 Å². The van der Waals surface area contributed by atoms with Crippen LogP contribution < -0.4 is 9.46 Å². The number of carboxylic acid groups (broad SMARTS) is 1. The van der Waals surface area contributed by atoms with Gasteiger partial charge in [0.25, 0.3) is 0 Å². The number of aryl methyl sites for hydroxylation is 1. The molecule has 31 heavy (non-hydrogen) atoms. The van der Waals surface area contributed by atoms with Gasteiger partial charge < -0.3 is 9.84 Å². The van der Waals surface area contributed by atoms with Crippen LogP contribution in [0.2, 0.25) is 0 Å². The van der Waals surface area contributed by atoms with Crippen LogP contribution in [0.25, 0.3) is 0 Å². The van der Waals surface area contributed by atoms with E-state index in [1.165, 1.54) is 49.7 Å². The van der Waals surface area contributed by atoms with Gasteiger partial charge in [0.15, 0.2) is 11.3 Å². The van der Waals surface area contributed by atoms with Crippen LogP contribution in [0.4, 0.5) is 13.2 Å². The van der Waals surface area contributed by atoms with Crippen LogP contribution in [0, 0.1) is 6.92 Å². The van der Waals surface area contributed by atoms with Crippen molar-refractivity contribution in [1.29, 1.82) is 0 Å². The molecule has 5 nitrogen and oxygen atoms in total. The highest BCUT2D eigenvalue weighted by molar-refractivity contribution is 8.10. The number of hydrogen-bond acceptors (Lipinski definition) is 6. The molecular formula is C21H21F3N2O3S2. The lowest BCUT2D eigenvalue weighted by Crippen LogP contribution is -2.38. The quantitative estimate of drug-likeness (QED) is 0.413. The number of nitrogens with zero attached hydrogens (tertiary/aromatic N) is 1. The summed E-state index contributed by atoms with van der Waals surface area (Å²) in [5.74, 6) is -0.143. The summed E-state index contributed by atoms with van der Waals surface area (Å²) in [6, 6.07) is 10.4. The summed E-state index contributed by atoms with van der Waals surface area (Å²) in [6.45, 7) is 4.78. The van der Waals surface area contributed by atoms with Crippen molar-refractivity contribution in [2.24, 2.45) is 4.99 Å². The Morgan fingerprint density at radius 3 is 2.42 bits per heavy atom. The average molecular weight is 471 g/mol. The number of aliphatic carboxylic acids is 1. The lowest BCUT2D eigenvalue weighted by Gasteiger charge is -2.27. The summed E-state index contributed by atoms with van der Waals surface area (Å²) in [5, 5.41) is 9.24. The molecule has 1 atom stereocenters. The van der Waals surface area contributed by atoms with Gasteiger partial charge in [-0.3, -0.25) is 4.99 Å². The molecule has 166 valence electrons. The standard InChI is InChI=1S/C21H21F3N2O3S2/c1-13-10-16(8-9-17(13)29-19(2,3)18(27)28)30-11-20(25-12-31-26-20)14-4-6-15(7-5-14)21(22,23)24/h4-10,12,26H,11H2,1-3H3,(H,27,28). The maximum absolute atomic E-state index is 12.9. The third-order valence-electron chi connectivity index (χ3n) is 4.72. The zero-order chi connectivity index (χ0) is 22.9. The lowest BCUT2D eigenvalue weighted by molar-refractivity contribution is -0.152. The zero-order valence-electron chi connectivity index (χ0n) is 17.0. The summed E-state index contributed by atoms with van der Waals surface area (Å²) < 4.78 is 47.5. The number of nitrogens with one attached hydrogen (secondary N) is 1. The van der Waals surface area contributed by atoms with Crippen LogP contribution in [-0.4, -0.2) is 28.0 Å². The Hall–Kier alpha value is -2.17. The van der Waals surface area contributed by atoms with Crippen molar-refractivity contribution in [1.82, 2.24) is 4.72 Å². The van der Waals surface area contributed by atoms with Crippen LogP contribution in [0.1, 0.15) is 30.5 Å². The minimum atomic E-state index is -4.39. The summed E-state index contributed by atoms with van der Waals surface area (Å²) in [7, 11) is 0. The van der Waals surface area contributed by atoms with Gasteiger partial charge in [-0.25, -0.2) is 9.52 Å². The van der Waals surface area contributed by atoms with Gasteiger partial charge in [-0.2, -0.15) is 13.2 Å². The Labute approximate surface area is 186 Å². The molecule has 1 aliphatic heterocycles. The first-order valence-electron chi connectivity index (χ1n) is 9.23. The van der Waals surface area contributed by atoms with Gasteiger partial charge >= 0.3 is 12.1 Å². The summed E-state index contributed by atoms with van der Waals surface area (Å²) in [6.07, 6.45) is -4.39. The molecule has 3 rings (SSSR count). The first-order valence-corrected chi connectivity index (χ1v) is 11.1. The molecule has 0 bridgehead atoms. The molecule has 0 aliphatic carbocycles. The molecular weight excluding hydrogens is 449 g/mol. The number of halogens is 3. The molecule has 2 aromatic rings. The third kappa shape index (κ3) is 5.36. The van der Waals surface area contributed by atoms with Crippen molar-refractivity contribution in [2.75, 3.05) is 5.75 Å². The topological polar surface area (TPSA) is 70.9 Å². The van der Waals surface area contributed by atoms with E-state index in [0.29, 0.717) is 17.1 Å². The first kappa shape index (κ1) is 23.5. The number of hydrogen-bond donors (Lipinski definition) is 2. The molecule has 1 aliphatic rings. The van der Waals surface area contributed by atoms with Gasteiger partial charge in [-0.05, 0) is 74.2 Å². The van der Waals surface area contributed by atoms with Crippen LogP contribution in [-0.2, 0) is 16.6 Å².